The summed E-state index contributed by atoms with van der Waals surface area (Å²) in [6.45, 7) is 2.31. The predicted molar refractivity (Wildman–Crippen MR) is 95.3 cm³/mol. The van der Waals surface area contributed by atoms with Crippen LogP contribution in [0.1, 0.15) is 29.5 Å². The molecule has 1 unspecified atom stereocenters. The first-order valence-corrected chi connectivity index (χ1v) is 8.48. The van der Waals surface area contributed by atoms with Crippen LogP contribution in [0.3, 0.4) is 0 Å². The van der Waals surface area contributed by atoms with E-state index in [2.05, 4.69) is 51.6 Å². The average Bonchev–Trinajstić information content (AvgIpc) is 2.89. The van der Waals surface area contributed by atoms with Gasteiger partial charge in [0.2, 0.25) is 5.13 Å². The summed E-state index contributed by atoms with van der Waals surface area (Å²) in [5, 5.41) is 5.21. The Morgan fingerprint density at radius 2 is 2.09 bits per heavy atom. The van der Waals surface area contributed by atoms with E-state index in [1.807, 2.05) is 20.3 Å². The summed E-state index contributed by atoms with van der Waals surface area (Å²) in [5.41, 5.74) is 6.59. The van der Waals surface area contributed by atoms with Crippen molar-refractivity contribution >= 4 is 28.4 Å². The highest BCUT2D eigenvalue weighted by atomic mass is 32.1. The van der Waals surface area contributed by atoms with Crippen molar-refractivity contribution < 1.29 is 0 Å². The Bertz CT molecular complexity index is 658. The van der Waals surface area contributed by atoms with Crippen LogP contribution in [0.5, 0.6) is 0 Å². The van der Waals surface area contributed by atoms with Gasteiger partial charge in [0, 0.05) is 24.7 Å². The highest BCUT2D eigenvalue weighted by Gasteiger charge is 2.19. The molecule has 0 aliphatic heterocycles. The first-order chi connectivity index (χ1) is 10.6. The second-order valence-corrected chi connectivity index (χ2v) is 7.18. The number of fused-ring (bicyclic) bond motifs is 1. The largest absolute Gasteiger partial charge is 0.378 e. The summed E-state index contributed by atoms with van der Waals surface area (Å²) in [6.07, 6.45) is 5.34. The minimum Gasteiger partial charge on any atom is -0.378 e. The molecule has 1 atom stereocenters. The smallest absolute Gasteiger partial charge is 0.203 e. The summed E-state index contributed by atoms with van der Waals surface area (Å²) in [4.78, 5) is 8.15. The molecule has 3 rings (SSSR count). The second kappa shape index (κ2) is 6.48. The summed E-state index contributed by atoms with van der Waals surface area (Å²) < 4.78 is 0. The molecule has 0 fully saturated rings. The third-order valence-corrected chi connectivity index (χ3v) is 4.99. The Balaban J connectivity index is 1.62. The van der Waals surface area contributed by atoms with Gasteiger partial charge in [-0.25, -0.2) is 4.98 Å². The molecule has 22 heavy (non-hydrogen) atoms. The molecule has 1 N–H and O–H groups in total. The zero-order chi connectivity index (χ0) is 15.5. The minimum atomic E-state index is 0.777. The summed E-state index contributed by atoms with van der Waals surface area (Å²) >= 11 is 1.74. The van der Waals surface area contributed by atoms with Crippen LogP contribution >= 0.6 is 11.3 Å². The molecule has 1 aromatic carbocycles. The fourth-order valence-corrected chi connectivity index (χ4v) is 3.73. The molecule has 4 nitrogen and oxygen atoms in total. The van der Waals surface area contributed by atoms with Crippen LogP contribution < -0.4 is 10.3 Å². The average molecular weight is 314 g/mol. The highest BCUT2D eigenvalue weighted by Crippen LogP contribution is 2.31. The molecule has 1 heterocycles. The Labute approximate surface area is 135 Å². The normalized spacial score (nSPS) is 17.5. The number of aromatic nitrogens is 1. The van der Waals surface area contributed by atoms with Crippen LogP contribution in [0.4, 0.5) is 10.8 Å². The van der Waals surface area contributed by atoms with E-state index in [9.17, 15) is 0 Å². The van der Waals surface area contributed by atoms with Gasteiger partial charge in [-0.3, -0.25) is 5.43 Å². The molecule has 2 aromatic rings. The number of nitrogens with zero attached hydrogens (tertiary/aromatic N) is 3. The monoisotopic (exact) mass is 314 g/mol. The molecular weight excluding hydrogens is 292 g/mol. The van der Waals surface area contributed by atoms with Gasteiger partial charge >= 0.3 is 0 Å². The van der Waals surface area contributed by atoms with E-state index >= 15 is 0 Å². The van der Waals surface area contributed by atoms with E-state index in [4.69, 9.17) is 0 Å². The summed E-state index contributed by atoms with van der Waals surface area (Å²) in [7, 11) is 4.07. The maximum absolute atomic E-state index is 4.64. The van der Waals surface area contributed by atoms with Crippen LogP contribution in [-0.4, -0.2) is 25.3 Å². The van der Waals surface area contributed by atoms with Crippen LogP contribution in [-0.2, 0) is 12.8 Å². The molecule has 0 bridgehead atoms. The fraction of sp³-hybridized carbons (Fsp3) is 0.412. The van der Waals surface area contributed by atoms with E-state index in [0.717, 1.165) is 29.5 Å². The van der Waals surface area contributed by atoms with Crippen LogP contribution in [0.25, 0.3) is 0 Å². The number of hydrogen-bond acceptors (Lipinski definition) is 5. The number of anilines is 2. The molecule has 0 radical (unpaired) electrons. The van der Waals surface area contributed by atoms with Gasteiger partial charge in [0.1, 0.15) is 0 Å². The van der Waals surface area contributed by atoms with E-state index < -0.39 is 0 Å². The van der Waals surface area contributed by atoms with Crippen molar-refractivity contribution in [3.63, 3.8) is 0 Å². The van der Waals surface area contributed by atoms with Crippen molar-refractivity contribution in [3.8, 4) is 0 Å². The summed E-state index contributed by atoms with van der Waals surface area (Å²) in [5.74, 6) is 0.777. The van der Waals surface area contributed by atoms with E-state index in [-0.39, 0.29) is 0 Å². The van der Waals surface area contributed by atoms with Crippen molar-refractivity contribution in [1.82, 2.24) is 4.98 Å². The minimum absolute atomic E-state index is 0.777. The number of hydrazone groups is 1. The lowest BCUT2D eigenvalue weighted by Gasteiger charge is -2.15. The SMILES string of the molecule is CC1CCc2nc(N/N=C\c3ccc(N(C)C)cc3)sc2C1. The number of aryl methyl sites for hydroxylation is 1. The lowest BCUT2D eigenvalue weighted by atomic mass is 9.93. The van der Waals surface area contributed by atoms with Crippen molar-refractivity contribution in [3.05, 3.63) is 40.4 Å². The van der Waals surface area contributed by atoms with Crippen LogP contribution in [0.2, 0.25) is 0 Å². The highest BCUT2D eigenvalue weighted by molar-refractivity contribution is 7.15. The topological polar surface area (TPSA) is 40.5 Å². The van der Waals surface area contributed by atoms with Gasteiger partial charge in [-0.2, -0.15) is 5.10 Å². The fourth-order valence-electron chi connectivity index (χ4n) is 2.61. The second-order valence-electron chi connectivity index (χ2n) is 6.09. The Morgan fingerprint density at radius 3 is 2.82 bits per heavy atom. The molecule has 116 valence electrons. The molecule has 0 amide bonds. The van der Waals surface area contributed by atoms with Gasteiger partial charge < -0.3 is 4.90 Å². The quantitative estimate of drug-likeness (QED) is 0.689. The Morgan fingerprint density at radius 1 is 1.32 bits per heavy atom. The number of benzene rings is 1. The molecular formula is C17H22N4S. The van der Waals surface area contributed by atoms with Gasteiger partial charge in [0.25, 0.3) is 0 Å². The molecule has 0 spiro atoms. The van der Waals surface area contributed by atoms with Crippen molar-refractivity contribution in [2.75, 3.05) is 24.4 Å². The summed E-state index contributed by atoms with van der Waals surface area (Å²) in [6, 6.07) is 8.31. The maximum atomic E-state index is 4.64. The Hall–Kier alpha value is -1.88. The number of thiazole rings is 1. The lowest BCUT2D eigenvalue weighted by molar-refractivity contribution is 0.502. The molecule has 0 saturated heterocycles. The first-order valence-electron chi connectivity index (χ1n) is 7.67. The molecule has 1 aliphatic rings. The maximum Gasteiger partial charge on any atom is 0.203 e. The lowest BCUT2D eigenvalue weighted by Crippen LogP contribution is -2.09. The zero-order valence-corrected chi connectivity index (χ0v) is 14.2. The molecule has 5 heteroatoms. The van der Waals surface area contributed by atoms with Gasteiger partial charge in [0.05, 0.1) is 11.9 Å². The van der Waals surface area contributed by atoms with E-state index in [0.29, 0.717) is 0 Å². The third kappa shape index (κ3) is 3.47. The van der Waals surface area contributed by atoms with E-state index in [1.54, 1.807) is 11.3 Å². The van der Waals surface area contributed by atoms with Gasteiger partial charge in [-0.15, -0.1) is 11.3 Å². The van der Waals surface area contributed by atoms with Crippen molar-refractivity contribution in [2.45, 2.75) is 26.2 Å². The number of rotatable bonds is 4. The van der Waals surface area contributed by atoms with E-state index in [1.165, 1.54) is 22.7 Å². The Kier molecular flexibility index (Phi) is 4.43. The number of hydrogen-bond donors (Lipinski definition) is 1. The number of nitrogens with one attached hydrogen (secondary N) is 1. The van der Waals surface area contributed by atoms with Gasteiger partial charge in [-0.1, -0.05) is 19.1 Å². The van der Waals surface area contributed by atoms with Gasteiger partial charge in [0.15, 0.2) is 0 Å². The van der Waals surface area contributed by atoms with Crippen LogP contribution in [0.15, 0.2) is 29.4 Å². The zero-order valence-electron chi connectivity index (χ0n) is 13.3. The first kappa shape index (κ1) is 15.0. The molecule has 0 saturated carbocycles. The predicted octanol–water partition coefficient (Wildman–Crippen LogP) is 3.78. The van der Waals surface area contributed by atoms with Crippen LogP contribution in [0, 0.1) is 5.92 Å². The van der Waals surface area contributed by atoms with Crippen molar-refractivity contribution in [1.29, 1.82) is 0 Å². The molecule has 1 aromatic heterocycles. The standard InChI is InChI=1S/C17H22N4S/c1-12-4-9-15-16(10-12)22-17(19-15)20-18-11-13-5-7-14(8-6-13)21(2)3/h5-8,11-12H,4,9-10H2,1-3H3,(H,19,20)/b18-11-. The third-order valence-electron chi connectivity index (χ3n) is 3.97. The van der Waals surface area contributed by atoms with Gasteiger partial charge in [-0.05, 0) is 42.9 Å². The van der Waals surface area contributed by atoms with Crippen molar-refractivity contribution in [2.24, 2.45) is 11.0 Å². The molecule has 1 aliphatic carbocycles.